The second-order valence-corrected chi connectivity index (χ2v) is 8.44. The summed E-state index contributed by atoms with van der Waals surface area (Å²) in [7, 11) is 0. The van der Waals surface area contributed by atoms with Gasteiger partial charge >= 0.3 is 0 Å². The van der Waals surface area contributed by atoms with E-state index in [9.17, 15) is 9.59 Å². The number of fused-ring (bicyclic) bond motifs is 1. The third kappa shape index (κ3) is 4.82. The number of benzene rings is 1. The molecule has 2 N–H and O–H groups in total. The molecule has 1 aromatic carbocycles. The molecule has 4 rings (SSSR count). The average Bonchev–Trinajstić information content (AvgIpc) is 2.78. The molecule has 0 aliphatic carbocycles. The van der Waals surface area contributed by atoms with Crippen LogP contribution in [-0.4, -0.2) is 47.4 Å². The Bertz CT molecular complexity index is 900. The SMILES string of the molecule is O=C(NC[C@@H]1CCCN2CCCC[C@H]12)c1ccc(NC(=O)c2cccnc2Cl)cc1. The number of hydrogen-bond acceptors (Lipinski definition) is 4. The number of carbonyl (C=O) groups is 2. The van der Waals surface area contributed by atoms with E-state index < -0.39 is 0 Å². The number of hydrogen-bond donors (Lipinski definition) is 2. The molecule has 0 spiro atoms. The molecule has 7 heteroatoms. The fraction of sp³-hybridized carbons (Fsp3) is 0.435. The predicted molar refractivity (Wildman–Crippen MR) is 118 cm³/mol. The fourth-order valence-corrected chi connectivity index (χ4v) is 4.81. The van der Waals surface area contributed by atoms with Crippen LogP contribution in [0.3, 0.4) is 0 Å². The van der Waals surface area contributed by atoms with Gasteiger partial charge < -0.3 is 15.5 Å². The minimum Gasteiger partial charge on any atom is -0.352 e. The van der Waals surface area contributed by atoms with Gasteiger partial charge in [-0.15, -0.1) is 0 Å². The Labute approximate surface area is 182 Å². The van der Waals surface area contributed by atoms with Crippen molar-refractivity contribution in [3.8, 4) is 0 Å². The van der Waals surface area contributed by atoms with Crippen LogP contribution in [0.15, 0.2) is 42.6 Å². The zero-order valence-electron chi connectivity index (χ0n) is 16.9. The van der Waals surface area contributed by atoms with E-state index in [1.807, 2.05) is 0 Å². The van der Waals surface area contributed by atoms with Gasteiger partial charge in [-0.2, -0.15) is 0 Å². The maximum Gasteiger partial charge on any atom is 0.258 e. The van der Waals surface area contributed by atoms with Crippen LogP contribution in [0.5, 0.6) is 0 Å². The van der Waals surface area contributed by atoms with Crippen molar-refractivity contribution in [3.63, 3.8) is 0 Å². The van der Waals surface area contributed by atoms with Crippen molar-refractivity contribution in [2.45, 2.75) is 38.1 Å². The molecule has 2 saturated heterocycles. The lowest BCUT2D eigenvalue weighted by Crippen LogP contribution is -2.51. The Kier molecular flexibility index (Phi) is 6.65. The summed E-state index contributed by atoms with van der Waals surface area (Å²) < 4.78 is 0. The van der Waals surface area contributed by atoms with Crippen LogP contribution in [0.2, 0.25) is 5.15 Å². The van der Waals surface area contributed by atoms with Gasteiger partial charge in [-0.3, -0.25) is 9.59 Å². The first-order chi connectivity index (χ1) is 14.6. The van der Waals surface area contributed by atoms with Crippen LogP contribution in [-0.2, 0) is 0 Å². The third-order valence-electron chi connectivity index (χ3n) is 6.16. The van der Waals surface area contributed by atoms with E-state index in [0.717, 1.165) is 6.54 Å². The minimum atomic E-state index is -0.334. The lowest BCUT2D eigenvalue weighted by molar-refractivity contribution is 0.0575. The number of nitrogens with zero attached hydrogens (tertiary/aromatic N) is 2. The van der Waals surface area contributed by atoms with E-state index in [1.165, 1.54) is 51.4 Å². The molecule has 2 amide bonds. The summed E-state index contributed by atoms with van der Waals surface area (Å²) in [5, 5.41) is 6.05. The molecule has 0 unspecified atom stereocenters. The van der Waals surface area contributed by atoms with Gasteiger partial charge in [-0.05, 0) is 81.1 Å². The van der Waals surface area contributed by atoms with Crippen molar-refractivity contribution in [1.29, 1.82) is 0 Å². The Hall–Kier alpha value is -2.44. The first kappa shape index (κ1) is 20.8. The van der Waals surface area contributed by atoms with Gasteiger partial charge in [0.2, 0.25) is 0 Å². The van der Waals surface area contributed by atoms with Crippen LogP contribution in [0.1, 0.15) is 52.8 Å². The molecule has 2 aliphatic rings. The Morgan fingerprint density at radius 2 is 1.83 bits per heavy atom. The molecule has 0 saturated carbocycles. The number of piperidine rings is 2. The highest BCUT2D eigenvalue weighted by Crippen LogP contribution is 2.30. The molecule has 158 valence electrons. The molecule has 0 bridgehead atoms. The van der Waals surface area contributed by atoms with Crippen molar-refractivity contribution in [2.24, 2.45) is 5.92 Å². The van der Waals surface area contributed by atoms with Crippen molar-refractivity contribution in [3.05, 3.63) is 58.9 Å². The molecular weight excluding hydrogens is 400 g/mol. The summed E-state index contributed by atoms with van der Waals surface area (Å²) in [6.07, 6.45) is 7.77. The molecule has 2 fully saturated rings. The zero-order valence-corrected chi connectivity index (χ0v) is 17.7. The van der Waals surface area contributed by atoms with E-state index in [-0.39, 0.29) is 17.0 Å². The Morgan fingerprint density at radius 3 is 2.63 bits per heavy atom. The monoisotopic (exact) mass is 426 g/mol. The topological polar surface area (TPSA) is 74.3 Å². The van der Waals surface area contributed by atoms with Crippen LogP contribution in [0.25, 0.3) is 0 Å². The second kappa shape index (κ2) is 9.58. The lowest BCUT2D eigenvalue weighted by atomic mass is 9.83. The maximum atomic E-state index is 12.6. The number of halogens is 1. The van der Waals surface area contributed by atoms with Crippen molar-refractivity contribution >= 4 is 29.1 Å². The number of rotatable bonds is 5. The van der Waals surface area contributed by atoms with Crippen LogP contribution in [0, 0.1) is 5.92 Å². The molecule has 2 aliphatic heterocycles. The number of nitrogens with one attached hydrogen (secondary N) is 2. The molecule has 1 aromatic heterocycles. The van der Waals surface area contributed by atoms with Crippen molar-refractivity contribution in [1.82, 2.24) is 15.2 Å². The smallest absolute Gasteiger partial charge is 0.258 e. The fourth-order valence-electron chi connectivity index (χ4n) is 4.60. The standard InChI is InChI=1S/C23H27ClN4O2/c24-21-19(6-3-12-25-21)23(30)27-18-10-8-16(9-11-18)22(29)26-15-17-5-4-14-28-13-2-1-7-20(17)28/h3,6,8-12,17,20H,1-2,4-5,7,13-15H2,(H,26,29)(H,27,30)/t17-,20+/m0/s1. The number of carbonyl (C=O) groups excluding carboxylic acids is 2. The summed E-state index contributed by atoms with van der Waals surface area (Å²) in [4.78, 5) is 31.5. The highest BCUT2D eigenvalue weighted by Gasteiger charge is 2.32. The minimum absolute atomic E-state index is 0.0730. The van der Waals surface area contributed by atoms with Gasteiger partial charge in [0.15, 0.2) is 0 Å². The van der Waals surface area contributed by atoms with Crippen LogP contribution < -0.4 is 10.6 Å². The van der Waals surface area contributed by atoms with Gasteiger partial charge in [-0.1, -0.05) is 18.0 Å². The normalized spacial score (nSPS) is 21.5. The average molecular weight is 427 g/mol. The summed E-state index contributed by atoms with van der Waals surface area (Å²) >= 11 is 5.97. The highest BCUT2D eigenvalue weighted by atomic mass is 35.5. The number of aromatic nitrogens is 1. The van der Waals surface area contributed by atoms with Gasteiger partial charge in [0, 0.05) is 30.0 Å². The van der Waals surface area contributed by atoms with Gasteiger partial charge in [0.25, 0.3) is 11.8 Å². The molecular formula is C23H27ClN4O2. The predicted octanol–water partition coefficient (Wildman–Crippen LogP) is 3.98. The lowest BCUT2D eigenvalue weighted by Gasteiger charge is -2.44. The third-order valence-corrected chi connectivity index (χ3v) is 6.46. The van der Waals surface area contributed by atoms with Crippen LogP contribution in [0.4, 0.5) is 5.69 Å². The van der Waals surface area contributed by atoms with Crippen LogP contribution >= 0.6 is 11.6 Å². The number of anilines is 1. The van der Waals surface area contributed by atoms with Crippen molar-refractivity contribution in [2.75, 3.05) is 25.0 Å². The van der Waals surface area contributed by atoms with Crippen molar-refractivity contribution < 1.29 is 9.59 Å². The zero-order chi connectivity index (χ0) is 20.9. The molecule has 2 atom stereocenters. The van der Waals surface area contributed by atoms with E-state index in [0.29, 0.717) is 28.8 Å². The van der Waals surface area contributed by atoms with E-state index in [2.05, 4.69) is 20.5 Å². The van der Waals surface area contributed by atoms with Gasteiger partial charge in [0.1, 0.15) is 5.15 Å². The summed E-state index contributed by atoms with van der Waals surface area (Å²) in [5.41, 5.74) is 1.50. The molecule has 0 radical (unpaired) electrons. The largest absolute Gasteiger partial charge is 0.352 e. The number of amides is 2. The second-order valence-electron chi connectivity index (χ2n) is 8.08. The highest BCUT2D eigenvalue weighted by molar-refractivity contribution is 6.33. The summed E-state index contributed by atoms with van der Waals surface area (Å²) in [5.74, 6) is 0.126. The maximum absolute atomic E-state index is 12.6. The van der Waals surface area contributed by atoms with Gasteiger partial charge in [-0.25, -0.2) is 4.98 Å². The molecule has 3 heterocycles. The Morgan fingerprint density at radius 1 is 1.03 bits per heavy atom. The van der Waals surface area contributed by atoms with E-state index in [1.54, 1.807) is 36.4 Å². The quantitative estimate of drug-likeness (QED) is 0.709. The molecule has 30 heavy (non-hydrogen) atoms. The van der Waals surface area contributed by atoms with E-state index in [4.69, 9.17) is 11.6 Å². The summed E-state index contributed by atoms with van der Waals surface area (Å²) in [6.45, 7) is 3.12. The first-order valence-corrected chi connectivity index (χ1v) is 11.0. The molecule has 2 aromatic rings. The summed E-state index contributed by atoms with van der Waals surface area (Å²) in [6, 6.07) is 10.8. The molecule has 6 nitrogen and oxygen atoms in total. The van der Waals surface area contributed by atoms with E-state index >= 15 is 0 Å². The number of pyridine rings is 1. The van der Waals surface area contributed by atoms with Gasteiger partial charge in [0.05, 0.1) is 5.56 Å². The Balaban J connectivity index is 1.32. The first-order valence-electron chi connectivity index (χ1n) is 10.7.